The van der Waals surface area contributed by atoms with Crippen LogP contribution in [-0.4, -0.2) is 54.0 Å². The number of nitrogens with one attached hydrogen (secondary N) is 1. The zero-order chi connectivity index (χ0) is 18.7. The average molecular weight is 378 g/mol. The number of carbonyl (C=O) groups excluding carboxylic acids is 3. The van der Waals surface area contributed by atoms with Crippen molar-refractivity contribution in [2.24, 2.45) is 0 Å². The average Bonchev–Trinajstić information content (AvgIpc) is 2.99. The lowest BCUT2D eigenvalue weighted by atomic mass is 9.89. The molecular formula is C18H22N2O5S. The largest absolute Gasteiger partial charge is 0.493 e. The van der Waals surface area contributed by atoms with E-state index < -0.39 is 0 Å². The van der Waals surface area contributed by atoms with Crippen LogP contribution < -0.4 is 14.8 Å². The Morgan fingerprint density at radius 2 is 1.96 bits per heavy atom. The standard InChI is InChI=1S/C18H22N2O5S/c1-24-14-9-5-6-11(16(14)25-2)17(22)19-12-7-3-4-8-13(12)20-15(21)10-26-18(20)23/h5-6,9,12-13H,3-4,7-8,10H2,1-2H3,(H,19,22). The summed E-state index contributed by atoms with van der Waals surface area (Å²) in [4.78, 5) is 38.4. The third kappa shape index (κ3) is 3.51. The van der Waals surface area contributed by atoms with Gasteiger partial charge >= 0.3 is 0 Å². The van der Waals surface area contributed by atoms with Crippen LogP contribution in [0.5, 0.6) is 11.5 Å². The van der Waals surface area contributed by atoms with Gasteiger partial charge in [0.1, 0.15) is 0 Å². The van der Waals surface area contributed by atoms with E-state index in [1.54, 1.807) is 18.2 Å². The van der Waals surface area contributed by atoms with Gasteiger partial charge in [-0.15, -0.1) is 0 Å². The van der Waals surface area contributed by atoms with Crippen LogP contribution in [0.25, 0.3) is 0 Å². The highest BCUT2D eigenvalue weighted by Gasteiger charge is 2.41. The van der Waals surface area contributed by atoms with Crippen molar-refractivity contribution in [3.8, 4) is 11.5 Å². The molecule has 0 radical (unpaired) electrons. The second kappa shape index (κ2) is 7.99. The summed E-state index contributed by atoms with van der Waals surface area (Å²) in [7, 11) is 3.00. The summed E-state index contributed by atoms with van der Waals surface area (Å²) in [6.07, 6.45) is 3.31. The van der Waals surface area contributed by atoms with Gasteiger partial charge in [-0.05, 0) is 25.0 Å². The van der Waals surface area contributed by atoms with E-state index in [0.29, 0.717) is 23.5 Å². The van der Waals surface area contributed by atoms with Crippen molar-refractivity contribution in [3.05, 3.63) is 23.8 Å². The first-order chi connectivity index (χ1) is 12.6. The van der Waals surface area contributed by atoms with Crippen LogP contribution in [0.15, 0.2) is 18.2 Å². The van der Waals surface area contributed by atoms with Crippen molar-refractivity contribution >= 4 is 28.8 Å². The number of carbonyl (C=O) groups is 3. The maximum atomic E-state index is 12.8. The van der Waals surface area contributed by atoms with Gasteiger partial charge in [0.25, 0.3) is 11.1 Å². The molecule has 2 atom stereocenters. The second-order valence-electron chi connectivity index (χ2n) is 6.29. The number of para-hydroxylation sites is 1. The van der Waals surface area contributed by atoms with Crippen LogP contribution >= 0.6 is 11.8 Å². The molecule has 1 aliphatic heterocycles. The molecule has 1 aliphatic carbocycles. The second-order valence-corrected chi connectivity index (χ2v) is 7.22. The van der Waals surface area contributed by atoms with Crippen LogP contribution in [0.4, 0.5) is 4.79 Å². The Balaban J connectivity index is 1.81. The van der Waals surface area contributed by atoms with Crippen LogP contribution in [0.3, 0.4) is 0 Å². The molecule has 1 saturated carbocycles. The van der Waals surface area contributed by atoms with E-state index in [2.05, 4.69) is 5.32 Å². The number of imide groups is 1. The molecule has 3 amide bonds. The Morgan fingerprint density at radius 3 is 2.62 bits per heavy atom. The van der Waals surface area contributed by atoms with Crippen molar-refractivity contribution in [1.82, 2.24) is 10.2 Å². The highest BCUT2D eigenvalue weighted by Crippen LogP contribution is 2.33. The van der Waals surface area contributed by atoms with Gasteiger partial charge in [0.05, 0.1) is 37.6 Å². The molecule has 8 heteroatoms. The van der Waals surface area contributed by atoms with E-state index in [9.17, 15) is 14.4 Å². The summed E-state index contributed by atoms with van der Waals surface area (Å²) in [5.41, 5.74) is 0.365. The first-order valence-electron chi connectivity index (χ1n) is 8.57. The molecule has 1 N–H and O–H groups in total. The van der Waals surface area contributed by atoms with Gasteiger partial charge in [-0.2, -0.15) is 0 Å². The third-order valence-corrected chi connectivity index (χ3v) is 5.64. The van der Waals surface area contributed by atoms with E-state index >= 15 is 0 Å². The third-order valence-electron chi connectivity index (χ3n) is 4.81. The van der Waals surface area contributed by atoms with Crippen LogP contribution in [0, 0.1) is 0 Å². The lowest BCUT2D eigenvalue weighted by molar-refractivity contribution is -0.127. The fourth-order valence-corrected chi connectivity index (χ4v) is 4.35. The molecule has 1 heterocycles. The van der Waals surface area contributed by atoms with Crippen molar-refractivity contribution in [1.29, 1.82) is 0 Å². The van der Waals surface area contributed by atoms with Crippen molar-refractivity contribution in [2.45, 2.75) is 37.8 Å². The monoisotopic (exact) mass is 378 g/mol. The number of thioether (sulfide) groups is 1. The van der Waals surface area contributed by atoms with E-state index in [0.717, 1.165) is 31.0 Å². The topological polar surface area (TPSA) is 84.9 Å². The van der Waals surface area contributed by atoms with Crippen LogP contribution in [-0.2, 0) is 4.79 Å². The molecule has 0 spiro atoms. The van der Waals surface area contributed by atoms with Crippen molar-refractivity contribution in [2.75, 3.05) is 20.0 Å². The molecule has 140 valence electrons. The quantitative estimate of drug-likeness (QED) is 0.847. The first-order valence-corrected chi connectivity index (χ1v) is 9.56. The number of rotatable bonds is 5. The summed E-state index contributed by atoms with van der Waals surface area (Å²) in [6.45, 7) is 0. The Morgan fingerprint density at radius 1 is 1.19 bits per heavy atom. The number of nitrogens with zero attached hydrogens (tertiary/aromatic N) is 1. The van der Waals surface area contributed by atoms with Crippen LogP contribution in [0.1, 0.15) is 36.0 Å². The zero-order valence-corrected chi connectivity index (χ0v) is 15.6. The molecular weight excluding hydrogens is 356 g/mol. The lowest BCUT2D eigenvalue weighted by Gasteiger charge is -2.36. The number of methoxy groups -OCH3 is 2. The van der Waals surface area contributed by atoms with Crippen molar-refractivity contribution in [3.63, 3.8) is 0 Å². The van der Waals surface area contributed by atoms with Gasteiger partial charge in [0.15, 0.2) is 11.5 Å². The molecule has 1 aromatic rings. The maximum Gasteiger partial charge on any atom is 0.289 e. The molecule has 3 rings (SSSR count). The summed E-state index contributed by atoms with van der Waals surface area (Å²) in [5.74, 6) is 0.541. The molecule has 2 unspecified atom stereocenters. The number of benzene rings is 1. The molecule has 0 aromatic heterocycles. The SMILES string of the molecule is COc1cccc(C(=O)NC2CCCCC2N2C(=O)CSC2=O)c1OC. The van der Waals surface area contributed by atoms with Crippen molar-refractivity contribution < 1.29 is 23.9 Å². The summed E-state index contributed by atoms with van der Waals surface area (Å²) >= 11 is 1.02. The fourth-order valence-electron chi connectivity index (χ4n) is 3.59. The van der Waals surface area contributed by atoms with E-state index in [4.69, 9.17) is 9.47 Å². The molecule has 0 bridgehead atoms. The predicted octanol–water partition coefficient (Wildman–Crippen LogP) is 2.44. The Hall–Kier alpha value is -2.22. The first kappa shape index (κ1) is 18.6. The molecule has 1 saturated heterocycles. The Labute approximate surface area is 156 Å². The normalized spacial score (nSPS) is 23.1. The van der Waals surface area contributed by atoms with E-state index in [1.807, 2.05) is 0 Å². The highest BCUT2D eigenvalue weighted by atomic mass is 32.2. The maximum absolute atomic E-state index is 12.8. The highest BCUT2D eigenvalue weighted by molar-refractivity contribution is 8.14. The fraction of sp³-hybridized carbons (Fsp3) is 0.500. The minimum absolute atomic E-state index is 0.176. The molecule has 2 fully saturated rings. The van der Waals surface area contributed by atoms with Gasteiger partial charge in [-0.1, -0.05) is 30.7 Å². The molecule has 7 nitrogen and oxygen atoms in total. The van der Waals surface area contributed by atoms with E-state index in [1.165, 1.54) is 19.1 Å². The summed E-state index contributed by atoms with van der Waals surface area (Å²) < 4.78 is 10.6. The summed E-state index contributed by atoms with van der Waals surface area (Å²) in [5, 5.41) is 2.78. The number of hydrogen-bond donors (Lipinski definition) is 1. The molecule has 2 aliphatic rings. The summed E-state index contributed by atoms with van der Waals surface area (Å²) in [6, 6.07) is 4.55. The van der Waals surface area contributed by atoms with Gasteiger partial charge in [0.2, 0.25) is 5.91 Å². The number of amides is 3. The van der Waals surface area contributed by atoms with Gasteiger partial charge < -0.3 is 14.8 Å². The minimum Gasteiger partial charge on any atom is -0.493 e. The smallest absolute Gasteiger partial charge is 0.289 e. The lowest BCUT2D eigenvalue weighted by Crippen LogP contribution is -2.54. The van der Waals surface area contributed by atoms with Gasteiger partial charge in [-0.25, -0.2) is 0 Å². The Bertz CT molecular complexity index is 708. The van der Waals surface area contributed by atoms with Gasteiger partial charge in [0, 0.05) is 0 Å². The predicted molar refractivity (Wildman–Crippen MR) is 97.8 cm³/mol. The van der Waals surface area contributed by atoms with Gasteiger partial charge in [-0.3, -0.25) is 19.3 Å². The van der Waals surface area contributed by atoms with E-state index in [-0.39, 0.29) is 34.9 Å². The number of hydrogen-bond acceptors (Lipinski definition) is 6. The molecule has 26 heavy (non-hydrogen) atoms. The Kier molecular flexibility index (Phi) is 5.70. The molecule has 1 aromatic carbocycles. The van der Waals surface area contributed by atoms with Crippen LogP contribution in [0.2, 0.25) is 0 Å². The number of ether oxygens (including phenoxy) is 2. The zero-order valence-electron chi connectivity index (χ0n) is 14.8. The minimum atomic E-state index is -0.301.